The Morgan fingerprint density at radius 1 is 1.09 bits per heavy atom. The van der Waals surface area contributed by atoms with Gasteiger partial charge in [-0.2, -0.15) is 5.10 Å². The zero-order valence-electron chi connectivity index (χ0n) is 18.1. The molecule has 2 fully saturated rings. The first kappa shape index (κ1) is 19.4. The maximum atomic E-state index is 15.0. The molecular weight excluding hydrogens is 409 g/mol. The van der Waals surface area contributed by atoms with E-state index in [9.17, 15) is 9.18 Å². The first-order chi connectivity index (χ1) is 15.4. The molecule has 0 spiro atoms. The summed E-state index contributed by atoms with van der Waals surface area (Å²) < 4.78 is 18.3. The van der Waals surface area contributed by atoms with Crippen molar-refractivity contribution in [1.29, 1.82) is 0 Å². The standard InChI is InChI=1S/C23H24FN7O/c1-14-8-18(28-31-10-15(2)25-20(14)31)16-9-17(24)21-26-19(12-30(21)11-16)27-22(32)23-4-3-6-29(13-23)7-5-23/h8-12H,3-7,13H2,1-2H3,(H,27,32). The third-order valence-electron chi connectivity index (χ3n) is 6.82. The summed E-state index contributed by atoms with van der Waals surface area (Å²) in [7, 11) is 0. The SMILES string of the molecule is Cc1cn2nc(-c3cc(F)c4nc(NC(=O)C56CCCN(CC5)C6)cn4c3)cc(C)c2n1. The lowest BCUT2D eigenvalue weighted by Crippen LogP contribution is -2.42. The molecule has 0 aliphatic carbocycles. The van der Waals surface area contributed by atoms with Gasteiger partial charge >= 0.3 is 0 Å². The number of nitrogens with one attached hydrogen (secondary N) is 1. The second-order valence-electron chi connectivity index (χ2n) is 9.16. The van der Waals surface area contributed by atoms with Crippen molar-refractivity contribution in [2.24, 2.45) is 5.41 Å². The molecule has 6 rings (SSSR count). The van der Waals surface area contributed by atoms with Crippen molar-refractivity contribution in [2.45, 2.75) is 33.1 Å². The summed E-state index contributed by atoms with van der Waals surface area (Å²) in [4.78, 5) is 24.2. The second kappa shape index (κ2) is 6.83. The van der Waals surface area contributed by atoms with Gasteiger partial charge in [0.1, 0.15) is 0 Å². The lowest BCUT2D eigenvalue weighted by atomic mass is 9.80. The summed E-state index contributed by atoms with van der Waals surface area (Å²) in [6.45, 7) is 6.70. The highest BCUT2D eigenvalue weighted by atomic mass is 19.1. The number of anilines is 1. The zero-order valence-corrected chi connectivity index (χ0v) is 18.1. The number of amides is 1. The molecule has 2 saturated heterocycles. The molecule has 164 valence electrons. The van der Waals surface area contributed by atoms with Crippen LogP contribution in [0.5, 0.6) is 0 Å². The van der Waals surface area contributed by atoms with Crippen molar-refractivity contribution in [3.8, 4) is 11.3 Å². The van der Waals surface area contributed by atoms with Gasteiger partial charge in [0.15, 0.2) is 22.9 Å². The van der Waals surface area contributed by atoms with Crippen LogP contribution in [0.3, 0.4) is 0 Å². The Morgan fingerprint density at radius 2 is 1.97 bits per heavy atom. The molecule has 4 aromatic rings. The van der Waals surface area contributed by atoms with Crippen molar-refractivity contribution in [3.63, 3.8) is 0 Å². The molecule has 0 saturated carbocycles. The van der Waals surface area contributed by atoms with Crippen LogP contribution >= 0.6 is 0 Å². The highest BCUT2D eigenvalue weighted by Gasteiger charge is 2.46. The fourth-order valence-corrected chi connectivity index (χ4v) is 5.19. The summed E-state index contributed by atoms with van der Waals surface area (Å²) in [5.41, 5.74) is 3.70. The van der Waals surface area contributed by atoms with Crippen LogP contribution in [-0.2, 0) is 4.79 Å². The minimum atomic E-state index is -0.466. The molecule has 8 nitrogen and oxygen atoms in total. The van der Waals surface area contributed by atoms with Crippen LogP contribution in [0.1, 0.15) is 30.5 Å². The van der Waals surface area contributed by atoms with Gasteiger partial charge < -0.3 is 14.6 Å². The Bertz CT molecular complexity index is 1390. The van der Waals surface area contributed by atoms with Gasteiger partial charge in [-0.1, -0.05) is 0 Å². The number of pyridine rings is 1. The summed E-state index contributed by atoms with van der Waals surface area (Å²) >= 11 is 0. The van der Waals surface area contributed by atoms with Crippen molar-refractivity contribution < 1.29 is 9.18 Å². The van der Waals surface area contributed by atoms with E-state index in [-0.39, 0.29) is 17.0 Å². The van der Waals surface area contributed by atoms with Gasteiger partial charge in [0.05, 0.1) is 29.2 Å². The van der Waals surface area contributed by atoms with E-state index in [4.69, 9.17) is 0 Å². The van der Waals surface area contributed by atoms with E-state index in [1.165, 1.54) is 6.07 Å². The molecule has 2 bridgehead atoms. The maximum absolute atomic E-state index is 15.0. The number of imidazole rings is 2. The summed E-state index contributed by atoms with van der Waals surface area (Å²) in [5, 5.41) is 7.55. The second-order valence-corrected chi connectivity index (χ2v) is 9.16. The quantitative estimate of drug-likeness (QED) is 0.537. The largest absolute Gasteiger partial charge is 0.309 e. The molecule has 9 heteroatoms. The van der Waals surface area contributed by atoms with Crippen LogP contribution in [-0.4, -0.2) is 54.4 Å². The number of rotatable bonds is 3. The number of fused-ring (bicyclic) bond motifs is 4. The topological polar surface area (TPSA) is 79.8 Å². The molecule has 6 heterocycles. The van der Waals surface area contributed by atoms with E-state index in [1.54, 1.807) is 21.3 Å². The maximum Gasteiger partial charge on any atom is 0.233 e. The fraction of sp³-hybridized carbons (Fsp3) is 0.391. The number of hydrogen-bond acceptors (Lipinski definition) is 5. The molecule has 32 heavy (non-hydrogen) atoms. The highest BCUT2D eigenvalue weighted by Crippen LogP contribution is 2.40. The van der Waals surface area contributed by atoms with Crippen molar-refractivity contribution in [1.82, 2.24) is 28.9 Å². The predicted octanol–water partition coefficient (Wildman–Crippen LogP) is 3.22. The van der Waals surface area contributed by atoms with Gasteiger partial charge in [-0.15, -0.1) is 0 Å². The molecule has 2 atom stereocenters. The minimum absolute atomic E-state index is 0.0121. The monoisotopic (exact) mass is 433 g/mol. The van der Waals surface area contributed by atoms with Crippen molar-refractivity contribution in [3.05, 3.63) is 47.8 Å². The first-order valence-electron chi connectivity index (χ1n) is 11.0. The first-order valence-corrected chi connectivity index (χ1v) is 11.0. The molecule has 2 unspecified atom stereocenters. The molecular formula is C23H24FN7O. The van der Waals surface area contributed by atoms with Gasteiger partial charge in [0.2, 0.25) is 5.91 Å². The number of nitrogens with zero attached hydrogens (tertiary/aromatic N) is 6. The van der Waals surface area contributed by atoms with Gasteiger partial charge in [0.25, 0.3) is 0 Å². The number of piperidine rings is 1. The van der Waals surface area contributed by atoms with E-state index in [0.29, 0.717) is 17.1 Å². The van der Waals surface area contributed by atoms with Crippen LogP contribution in [0.15, 0.2) is 30.7 Å². The Balaban J connectivity index is 1.34. The third kappa shape index (κ3) is 2.99. The Labute approximate surface area is 184 Å². The van der Waals surface area contributed by atoms with E-state index in [1.807, 2.05) is 26.1 Å². The summed E-state index contributed by atoms with van der Waals surface area (Å²) in [5.74, 6) is -0.108. The molecule has 2 aliphatic heterocycles. The van der Waals surface area contributed by atoms with Crippen LogP contribution in [0.25, 0.3) is 22.6 Å². The van der Waals surface area contributed by atoms with E-state index in [0.717, 1.165) is 55.8 Å². The Kier molecular flexibility index (Phi) is 4.13. The lowest BCUT2D eigenvalue weighted by molar-refractivity contribution is -0.126. The zero-order chi connectivity index (χ0) is 22.0. The van der Waals surface area contributed by atoms with Gasteiger partial charge in [0, 0.05) is 18.3 Å². The summed E-state index contributed by atoms with van der Waals surface area (Å²) in [6, 6.07) is 3.33. The molecule has 4 aromatic heterocycles. The molecule has 0 aromatic carbocycles. The van der Waals surface area contributed by atoms with Gasteiger partial charge in [-0.3, -0.25) is 4.79 Å². The summed E-state index contributed by atoms with van der Waals surface area (Å²) in [6.07, 6.45) is 8.09. The van der Waals surface area contributed by atoms with E-state index < -0.39 is 5.82 Å². The van der Waals surface area contributed by atoms with E-state index >= 15 is 0 Å². The van der Waals surface area contributed by atoms with Gasteiger partial charge in [-0.05, 0) is 63.9 Å². The van der Waals surface area contributed by atoms with Crippen molar-refractivity contribution in [2.75, 3.05) is 25.0 Å². The Morgan fingerprint density at radius 3 is 2.84 bits per heavy atom. The third-order valence-corrected chi connectivity index (χ3v) is 6.82. The smallest absolute Gasteiger partial charge is 0.233 e. The molecule has 1 N–H and O–H groups in total. The number of aryl methyl sites for hydroxylation is 2. The number of carbonyl (C=O) groups excluding carboxylic acids is 1. The average Bonchev–Trinajstić information content (AvgIpc) is 3.43. The van der Waals surface area contributed by atoms with Crippen LogP contribution < -0.4 is 5.32 Å². The number of carbonyl (C=O) groups is 1. The molecule has 1 amide bonds. The molecule has 2 aliphatic rings. The van der Waals surface area contributed by atoms with Gasteiger partial charge in [-0.25, -0.2) is 18.9 Å². The number of hydrogen-bond donors (Lipinski definition) is 1. The predicted molar refractivity (Wildman–Crippen MR) is 118 cm³/mol. The van der Waals surface area contributed by atoms with Crippen LogP contribution in [0, 0.1) is 25.1 Å². The van der Waals surface area contributed by atoms with Crippen LogP contribution in [0.4, 0.5) is 10.2 Å². The highest BCUT2D eigenvalue weighted by molar-refractivity contribution is 5.95. The number of halogens is 1. The Hall–Kier alpha value is -3.33. The van der Waals surface area contributed by atoms with Crippen molar-refractivity contribution >= 4 is 23.0 Å². The van der Waals surface area contributed by atoms with Crippen LogP contribution in [0.2, 0.25) is 0 Å². The minimum Gasteiger partial charge on any atom is -0.309 e. The molecule has 0 radical (unpaired) electrons. The van der Waals surface area contributed by atoms with E-state index in [2.05, 4.69) is 25.3 Å². The normalized spacial score (nSPS) is 22.7. The fourth-order valence-electron chi connectivity index (χ4n) is 5.19. The average molecular weight is 433 g/mol. The number of aromatic nitrogens is 5. The lowest BCUT2D eigenvalue weighted by Gasteiger charge is -2.32.